The van der Waals surface area contributed by atoms with Crippen LogP contribution in [-0.4, -0.2) is 54.8 Å². The number of nitrogens with one attached hydrogen (secondary N) is 1. The van der Waals surface area contributed by atoms with Crippen molar-refractivity contribution in [1.82, 2.24) is 14.5 Å². The van der Waals surface area contributed by atoms with Crippen molar-refractivity contribution in [1.29, 1.82) is 0 Å². The van der Waals surface area contributed by atoms with Crippen LogP contribution in [0.1, 0.15) is 6.23 Å². The Kier molecular flexibility index (Phi) is 3.50. The molecule has 1 saturated heterocycles. The van der Waals surface area contributed by atoms with Crippen LogP contribution in [-0.2, 0) is 4.74 Å². The lowest BCUT2D eigenvalue weighted by atomic mass is 10.1. The van der Waals surface area contributed by atoms with Gasteiger partial charge in [-0.2, -0.15) is 0 Å². The third kappa shape index (κ3) is 2.07. The fourth-order valence-corrected chi connectivity index (χ4v) is 2.90. The highest BCUT2D eigenvalue weighted by molar-refractivity contribution is 9.10. The molecule has 6 N–H and O–H groups in total. The number of nitrogens with zero attached hydrogens (tertiary/aromatic N) is 2. The van der Waals surface area contributed by atoms with Gasteiger partial charge in [-0.3, -0.25) is 9.36 Å². The van der Waals surface area contributed by atoms with E-state index in [-0.39, 0.29) is 11.3 Å². The topological polar surface area (TPSA) is 147 Å². The molecule has 0 spiro atoms. The summed E-state index contributed by atoms with van der Waals surface area (Å²) >= 11 is 3.25. The maximum absolute atomic E-state index is 11.8. The number of aliphatic hydroxyl groups excluding tert-OH is 3. The van der Waals surface area contributed by atoms with Crippen molar-refractivity contribution < 1.29 is 20.1 Å². The average Bonchev–Trinajstić information content (AvgIpc) is 3.00. The smallest absolute Gasteiger partial charge is 0.277 e. The van der Waals surface area contributed by atoms with Gasteiger partial charge in [-0.1, -0.05) is 0 Å². The van der Waals surface area contributed by atoms with E-state index in [0.29, 0.717) is 9.99 Å². The molecule has 1 fully saturated rings. The minimum atomic E-state index is -1.27. The van der Waals surface area contributed by atoms with Crippen molar-refractivity contribution in [3.63, 3.8) is 0 Å². The number of hydrogen-bond acceptors (Lipinski definition) is 7. The molecule has 0 radical (unpaired) electrons. The van der Waals surface area contributed by atoms with Crippen LogP contribution in [0.3, 0.4) is 0 Å². The second-order valence-corrected chi connectivity index (χ2v) is 5.55. The van der Waals surface area contributed by atoms with Crippen molar-refractivity contribution in [3.05, 3.63) is 21.2 Å². The van der Waals surface area contributed by atoms with Crippen molar-refractivity contribution in [3.8, 4) is 0 Å². The fraction of sp³-hybridized carbons (Fsp3) is 0.455. The molecule has 0 unspecified atom stereocenters. The third-order valence-corrected chi connectivity index (χ3v) is 4.30. The quantitative estimate of drug-likeness (QED) is 0.446. The van der Waals surface area contributed by atoms with E-state index in [0.717, 1.165) is 0 Å². The lowest BCUT2D eigenvalue weighted by Gasteiger charge is -2.17. The molecule has 9 nitrogen and oxygen atoms in total. The molecule has 1 aliphatic heterocycles. The van der Waals surface area contributed by atoms with Gasteiger partial charge in [0, 0.05) is 0 Å². The van der Waals surface area contributed by atoms with Crippen LogP contribution >= 0.6 is 15.9 Å². The molecule has 4 atom stereocenters. The number of anilines is 1. The third-order valence-electron chi connectivity index (χ3n) is 3.49. The second-order valence-electron chi connectivity index (χ2n) is 4.76. The maximum Gasteiger partial charge on any atom is 0.277 e. The Morgan fingerprint density at radius 3 is 2.81 bits per heavy atom. The van der Waals surface area contributed by atoms with E-state index in [2.05, 4.69) is 25.9 Å². The van der Waals surface area contributed by atoms with Gasteiger partial charge in [0.25, 0.3) is 5.56 Å². The van der Waals surface area contributed by atoms with Crippen molar-refractivity contribution in [2.75, 3.05) is 12.3 Å². The van der Waals surface area contributed by atoms with E-state index in [1.165, 1.54) is 10.9 Å². The van der Waals surface area contributed by atoms with Gasteiger partial charge in [0.1, 0.15) is 24.1 Å². The molecular formula is C11H13BrN4O5. The fourth-order valence-electron chi connectivity index (χ4n) is 2.41. The van der Waals surface area contributed by atoms with Crippen molar-refractivity contribution in [2.24, 2.45) is 0 Å². The Morgan fingerprint density at radius 2 is 2.19 bits per heavy atom. The van der Waals surface area contributed by atoms with Gasteiger partial charge in [-0.05, 0) is 15.9 Å². The van der Waals surface area contributed by atoms with E-state index in [4.69, 9.17) is 15.6 Å². The van der Waals surface area contributed by atoms with E-state index in [1.807, 2.05) is 0 Å². The molecule has 0 aliphatic carbocycles. The van der Waals surface area contributed by atoms with Crippen molar-refractivity contribution >= 4 is 32.8 Å². The molecular weight excluding hydrogens is 348 g/mol. The molecule has 2 aromatic heterocycles. The number of pyridine rings is 1. The van der Waals surface area contributed by atoms with Crippen LogP contribution in [0.4, 0.5) is 5.82 Å². The highest BCUT2D eigenvalue weighted by Crippen LogP contribution is 2.34. The number of aliphatic hydroxyl groups is 3. The van der Waals surface area contributed by atoms with E-state index in [1.54, 1.807) is 0 Å². The van der Waals surface area contributed by atoms with Crippen LogP contribution in [0.5, 0.6) is 0 Å². The zero-order valence-electron chi connectivity index (χ0n) is 10.6. The Morgan fingerprint density at radius 1 is 1.48 bits per heavy atom. The first-order chi connectivity index (χ1) is 9.95. The first-order valence-corrected chi connectivity index (χ1v) is 6.91. The van der Waals surface area contributed by atoms with Gasteiger partial charge >= 0.3 is 0 Å². The Balaban J connectivity index is 2.16. The molecule has 1 aliphatic rings. The number of fused-ring (bicyclic) bond motifs is 1. The van der Waals surface area contributed by atoms with Crippen LogP contribution < -0.4 is 11.3 Å². The largest absolute Gasteiger partial charge is 0.394 e. The molecule has 0 saturated carbocycles. The first kappa shape index (κ1) is 14.5. The predicted molar refractivity (Wildman–Crippen MR) is 75.5 cm³/mol. The van der Waals surface area contributed by atoms with Crippen LogP contribution in [0.2, 0.25) is 0 Å². The number of aromatic nitrogens is 3. The van der Waals surface area contributed by atoms with Crippen LogP contribution in [0, 0.1) is 0 Å². The maximum atomic E-state index is 11.8. The molecule has 10 heteroatoms. The number of imidazole rings is 1. The molecule has 3 rings (SSSR count). The molecule has 3 heterocycles. The Labute approximate surface area is 126 Å². The van der Waals surface area contributed by atoms with Gasteiger partial charge < -0.3 is 30.8 Å². The number of aromatic amines is 1. The summed E-state index contributed by atoms with van der Waals surface area (Å²) < 4.78 is 7.21. The highest BCUT2D eigenvalue weighted by Gasteiger charge is 2.44. The lowest BCUT2D eigenvalue weighted by molar-refractivity contribution is -0.0509. The number of nitrogens with two attached hydrogens (primary N) is 1. The van der Waals surface area contributed by atoms with Gasteiger partial charge in [0.15, 0.2) is 11.7 Å². The Hall–Kier alpha value is -1.46. The zero-order chi connectivity index (χ0) is 15.3. The van der Waals surface area contributed by atoms with E-state index < -0.39 is 36.7 Å². The average molecular weight is 361 g/mol. The van der Waals surface area contributed by atoms with Crippen LogP contribution in [0.15, 0.2) is 15.6 Å². The number of ether oxygens (including phenoxy) is 1. The standard InChI is InChI=1S/C11H13BrN4O5/c12-4-6-5(10(20)15-9(4)13)14-2-16(6)11-8(19)7(18)3(1-17)21-11/h2-3,7-8,11,17-19H,1H2,(H3,13,15,20)/t3-,7-,8-,11-/m1/s1. The number of hydrogen-bond donors (Lipinski definition) is 5. The molecule has 0 amide bonds. The first-order valence-electron chi connectivity index (χ1n) is 6.12. The summed E-state index contributed by atoms with van der Waals surface area (Å²) in [5, 5.41) is 29.0. The van der Waals surface area contributed by atoms with Gasteiger partial charge in [0.2, 0.25) is 0 Å². The minimum absolute atomic E-state index is 0.112. The number of nitrogen functional groups attached to an aromatic ring is 1. The number of rotatable bonds is 2. The summed E-state index contributed by atoms with van der Waals surface area (Å²) in [6.07, 6.45) is -3.10. The number of H-pyrrole nitrogens is 1. The summed E-state index contributed by atoms with van der Waals surface area (Å²) in [5.41, 5.74) is 5.68. The minimum Gasteiger partial charge on any atom is -0.394 e. The van der Waals surface area contributed by atoms with Gasteiger partial charge in [-0.25, -0.2) is 4.98 Å². The molecule has 2 aromatic rings. The zero-order valence-corrected chi connectivity index (χ0v) is 12.2. The molecule has 0 bridgehead atoms. The van der Waals surface area contributed by atoms with Crippen molar-refractivity contribution in [2.45, 2.75) is 24.5 Å². The summed E-state index contributed by atoms with van der Waals surface area (Å²) in [6.45, 7) is -0.439. The number of halogens is 1. The molecule has 114 valence electrons. The SMILES string of the molecule is Nc1[nH]c(=O)c2ncn([C@@H]3O[C@H](CO)[C@@H](O)[C@H]3O)c2c1Br. The summed E-state index contributed by atoms with van der Waals surface area (Å²) in [4.78, 5) is 18.2. The normalized spacial score (nSPS) is 29.3. The predicted octanol–water partition coefficient (Wildman–Crippen LogP) is -1.32. The van der Waals surface area contributed by atoms with E-state index >= 15 is 0 Å². The van der Waals surface area contributed by atoms with Crippen LogP contribution in [0.25, 0.3) is 11.0 Å². The summed E-state index contributed by atoms with van der Waals surface area (Å²) in [6, 6.07) is 0. The van der Waals surface area contributed by atoms with Gasteiger partial charge in [0.05, 0.1) is 22.9 Å². The molecule has 21 heavy (non-hydrogen) atoms. The lowest BCUT2D eigenvalue weighted by Crippen LogP contribution is -2.33. The monoisotopic (exact) mass is 360 g/mol. The van der Waals surface area contributed by atoms with E-state index in [9.17, 15) is 15.0 Å². The Bertz CT molecular complexity index is 744. The van der Waals surface area contributed by atoms with Gasteiger partial charge in [-0.15, -0.1) is 0 Å². The summed E-state index contributed by atoms with van der Waals surface area (Å²) in [5.74, 6) is 0.112. The second kappa shape index (κ2) is 5.07. The molecule has 0 aromatic carbocycles. The summed E-state index contributed by atoms with van der Waals surface area (Å²) in [7, 11) is 0. The highest BCUT2D eigenvalue weighted by atomic mass is 79.9.